The fourth-order valence-electron chi connectivity index (χ4n) is 3.51. The Labute approximate surface area is 154 Å². The molecule has 24 heavy (non-hydrogen) atoms. The van der Waals surface area contributed by atoms with E-state index in [9.17, 15) is 0 Å². The quantitative estimate of drug-likeness (QED) is 0.184. The largest absolute Gasteiger partial charge is 0.104 e. The normalized spacial score (nSPS) is 12.0. The van der Waals surface area contributed by atoms with E-state index in [0.717, 1.165) is 18.8 Å². The van der Waals surface area contributed by atoms with Crippen LogP contribution in [0.3, 0.4) is 0 Å². The van der Waals surface area contributed by atoms with Crippen molar-refractivity contribution in [3.05, 3.63) is 0 Å². The van der Waals surface area contributed by atoms with E-state index in [1.165, 1.54) is 103 Å². The van der Waals surface area contributed by atoms with Crippen LogP contribution in [0.2, 0.25) is 0 Å². The van der Waals surface area contributed by atoms with Crippen molar-refractivity contribution in [3.63, 3.8) is 0 Å². The molecule has 0 spiro atoms. The van der Waals surface area contributed by atoms with Crippen LogP contribution in [0, 0.1) is 17.8 Å². The molecule has 1 unspecified atom stereocenters. The van der Waals surface area contributed by atoms with E-state index in [0.29, 0.717) is 0 Å². The van der Waals surface area contributed by atoms with Crippen LogP contribution in [0.25, 0.3) is 0 Å². The molecule has 0 aromatic rings. The molecule has 0 amide bonds. The average molecular weight is 335 g/mol. The van der Waals surface area contributed by atoms with Crippen LogP contribution in [-0.4, -0.2) is 0 Å². The zero-order chi connectivity index (χ0) is 17.7. The lowest BCUT2D eigenvalue weighted by Gasteiger charge is -2.14. The Morgan fingerprint density at radius 1 is 0.542 bits per heavy atom. The SMILES string of the molecule is CCC#CCCCCCCCC(CC)CCCCCCCCCC. The third-order valence-electron chi connectivity index (χ3n) is 5.26. The second-order valence-corrected chi connectivity index (χ2v) is 7.55. The van der Waals surface area contributed by atoms with Crippen LogP contribution in [-0.2, 0) is 0 Å². The van der Waals surface area contributed by atoms with Gasteiger partial charge < -0.3 is 0 Å². The van der Waals surface area contributed by atoms with Crippen molar-refractivity contribution >= 4 is 0 Å². The molecule has 0 heteroatoms. The van der Waals surface area contributed by atoms with Gasteiger partial charge in [0.15, 0.2) is 0 Å². The number of rotatable bonds is 17. The minimum Gasteiger partial charge on any atom is -0.104 e. The van der Waals surface area contributed by atoms with Crippen molar-refractivity contribution < 1.29 is 0 Å². The average Bonchev–Trinajstić information content (AvgIpc) is 2.60. The summed E-state index contributed by atoms with van der Waals surface area (Å²) in [6.07, 6.45) is 25.1. The van der Waals surface area contributed by atoms with Gasteiger partial charge in [-0.15, -0.1) is 11.8 Å². The number of hydrogen-bond acceptors (Lipinski definition) is 0. The van der Waals surface area contributed by atoms with Crippen molar-refractivity contribution in [2.24, 2.45) is 5.92 Å². The van der Waals surface area contributed by atoms with Crippen LogP contribution in [0.4, 0.5) is 0 Å². The predicted octanol–water partition coefficient (Wildman–Crippen LogP) is 8.69. The first kappa shape index (κ1) is 23.6. The zero-order valence-electron chi connectivity index (χ0n) is 17.3. The van der Waals surface area contributed by atoms with Gasteiger partial charge in [-0.25, -0.2) is 0 Å². The van der Waals surface area contributed by atoms with Crippen LogP contribution in [0.1, 0.15) is 136 Å². The molecule has 0 nitrogen and oxygen atoms in total. The first-order chi connectivity index (χ1) is 11.8. The molecule has 0 rings (SSSR count). The first-order valence-electron chi connectivity index (χ1n) is 11.3. The van der Waals surface area contributed by atoms with Crippen LogP contribution < -0.4 is 0 Å². The van der Waals surface area contributed by atoms with Crippen molar-refractivity contribution in [1.82, 2.24) is 0 Å². The summed E-state index contributed by atoms with van der Waals surface area (Å²) in [5.74, 6) is 7.42. The maximum absolute atomic E-state index is 3.25. The summed E-state index contributed by atoms with van der Waals surface area (Å²) in [6, 6.07) is 0. The van der Waals surface area contributed by atoms with Crippen LogP contribution in [0.15, 0.2) is 0 Å². The highest BCUT2D eigenvalue weighted by Gasteiger charge is 2.05. The molecule has 0 aromatic carbocycles. The van der Waals surface area contributed by atoms with E-state index in [4.69, 9.17) is 0 Å². The third kappa shape index (κ3) is 17.9. The fraction of sp³-hybridized carbons (Fsp3) is 0.917. The molecule has 0 aromatic heterocycles. The Hall–Kier alpha value is -0.440. The first-order valence-corrected chi connectivity index (χ1v) is 11.3. The topological polar surface area (TPSA) is 0 Å². The van der Waals surface area contributed by atoms with Gasteiger partial charge in [-0.2, -0.15) is 0 Å². The summed E-state index contributed by atoms with van der Waals surface area (Å²) in [7, 11) is 0. The Balaban J connectivity index is 3.34. The molecule has 142 valence electrons. The van der Waals surface area contributed by atoms with E-state index in [1.807, 2.05) is 0 Å². The molecule has 0 radical (unpaired) electrons. The lowest BCUT2D eigenvalue weighted by atomic mass is 9.92. The van der Waals surface area contributed by atoms with Gasteiger partial charge in [0, 0.05) is 12.8 Å². The predicted molar refractivity (Wildman–Crippen MR) is 111 cm³/mol. The van der Waals surface area contributed by atoms with Gasteiger partial charge in [-0.05, 0) is 12.3 Å². The standard InChI is InChI=1S/C24H46/c1-4-7-9-11-13-15-17-19-21-23-24(6-3)22-20-18-16-14-12-10-8-5-2/h24H,4-6,8,10-23H2,1-3H3. The van der Waals surface area contributed by atoms with Crippen molar-refractivity contribution in [2.45, 2.75) is 136 Å². The highest BCUT2D eigenvalue weighted by molar-refractivity contribution is 4.97. The Morgan fingerprint density at radius 2 is 1.04 bits per heavy atom. The molecular formula is C24H46. The summed E-state index contributed by atoms with van der Waals surface area (Å²) >= 11 is 0. The molecule has 0 N–H and O–H groups in total. The molecule has 0 aliphatic rings. The van der Waals surface area contributed by atoms with Gasteiger partial charge in [0.1, 0.15) is 0 Å². The van der Waals surface area contributed by atoms with Gasteiger partial charge in [0.2, 0.25) is 0 Å². The maximum atomic E-state index is 3.25. The molecule has 0 heterocycles. The van der Waals surface area contributed by atoms with Crippen molar-refractivity contribution in [3.8, 4) is 11.8 Å². The third-order valence-corrected chi connectivity index (χ3v) is 5.26. The number of hydrogen-bond donors (Lipinski definition) is 0. The highest BCUT2D eigenvalue weighted by Crippen LogP contribution is 2.21. The van der Waals surface area contributed by atoms with Crippen molar-refractivity contribution in [1.29, 1.82) is 0 Å². The molecule has 0 aliphatic heterocycles. The summed E-state index contributed by atoms with van der Waals surface area (Å²) in [5, 5.41) is 0. The Bertz CT molecular complexity index is 280. The molecule has 0 fully saturated rings. The molecule has 0 bridgehead atoms. The molecule has 0 aliphatic carbocycles. The smallest absolute Gasteiger partial charge is 0.00886 e. The fourth-order valence-corrected chi connectivity index (χ4v) is 3.51. The van der Waals surface area contributed by atoms with E-state index in [-0.39, 0.29) is 0 Å². The van der Waals surface area contributed by atoms with Gasteiger partial charge >= 0.3 is 0 Å². The molecule has 0 saturated carbocycles. The molecular weight excluding hydrogens is 288 g/mol. The summed E-state index contributed by atoms with van der Waals surface area (Å²) in [5.41, 5.74) is 0. The van der Waals surface area contributed by atoms with Crippen molar-refractivity contribution in [2.75, 3.05) is 0 Å². The minimum atomic E-state index is 1.00. The van der Waals surface area contributed by atoms with Gasteiger partial charge in [0.05, 0.1) is 0 Å². The molecule has 1 atom stereocenters. The summed E-state index contributed by atoms with van der Waals surface area (Å²) < 4.78 is 0. The van der Waals surface area contributed by atoms with Crippen LogP contribution >= 0.6 is 0 Å². The molecule has 0 saturated heterocycles. The minimum absolute atomic E-state index is 1.00. The summed E-state index contributed by atoms with van der Waals surface area (Å²) in [4.78, 5) is 0. The van der Waals surface area contributed by atoms with Gasteiger partial charge in [0.25, 0.3) is 0 Å². The maximum Gasteiger partial charge on any atom is 0.00886 e. The second kappa shape index (κ2) is 20.6. The van der Waals surface area contributed by atoms with E-state index in [1.54, 1.807) is 0 Å². The highest BCUT2D eigenvalue weighted by atomic mass is 14.1. The van der Waals surface area contributed by atoms with Crippen LogP contribution in [0.5, 0.6) is 0 Å². The lowest BCUT2D eigenvalue weighted by molar-refractivity contribution is 0.392. The second-order valence-electron chi connectivity index (χ2n) is 7.55. The Morgan fingerprint density at radius 3 is 1.54 bits per heavy atom. The van der Waals surface area contributed by atoms with Gasteiger partial charge in [-0.3, -0.25) is 0 Å². The van der Waals surface area contributed by atoms with E-state index in [2.05, 4.69) is 32.6 Å². The zero-order valence-corrected chi connectivity index (χ0v) is 17.3. The Kier molecular flexibility index (Phi) is 20.2. The van der Waals surface area contributed by atoms with Gasteiger partial charge in [-0.1, -0.05) is 117 Å². The summed E-state index contributed by atoms with van der Waals surface area (Å²) in [6.45, 7) is 6.82. The van der Waals surface area contributed by atoms with E-state index < -0.39 is 0 Å². The monoisotopic (exact) mass is 334 g/mol. The number of unbranched alkanes of at least 4 members (excludes halogenated alkanes) is 12. The lowest BCUT2D eigenvalue weighted by Crippen LogP contribution is -1.99. The van der Waals surface area contributed by atoms with E-state index >= 15 is 0 Å².